The molecule has 1 aromatic carbocycles. The van der Waals surface area contributed by atoms with Gasteiger partial charge in [-0.25, -0.2) is 0 Å². The van der Waals surface area contributed by atoms with Gasteiger partial charge in [-0.15, -0.1) is 0 Å². The van der Waals surface area contributed by atoms with E-state index in [-0.39, 0.29) is 11.3 Å². The largest absolute Gasteiger partial charge is 0.507 e. The van der Waals surface area contributed by atoms with Gasteiger partial charge in [-0.3, -0.25) is 4.79 Å². The minimum atomic E-state index is -0.133. The molecule has 0 saturated heterocycles. The number of benzene rings is 1. The fourth-order valence-electron chi connectivity index (χ4n) is 1.82. The van der Waals surface area contributed by atoms with Gasteiger partial charge >= 0.3 is 0 Å². The Morgan fingerprint density at radius 3 is 2.47 bits per heavy atom. The van der Waals surface area contributed by atoms with Gasteiger partial charge < -0.3 is 9.67 Å². The Labute approximate surface area is 100.0 Å². The van der Waals surface area contributed by atoms with Crippen molar-refractivity contribution in [2.45, 2.75) is 20.4 Å². The smallest absolute Gasteiger partial charge is 0.257 e. The van der Waals surface area contributed by atoms with Crippen LogP contribution in [0.2, 0.25) is 0 Å². The zero-order valence-electron chi connectivity index (χ0n) is 9.97. The zero-order valence-corrected chi connectivity index (χ0v) is 9.97. The predicted octanol–water partition coefficient (Wildman–Crippen LogP) is 2.22. The first-order chi connectivity index (χ1) is 8.09. The summed E-state index contributed by atoms with van der Waals surface area (Å²) in [5.41, 5.74) is 2.10. The fraction of sp³-hybridized carbons (Fsp3) is 0.214. The molecule has 0 saturated carbocycles. The molecule has 3 heteroatoms. The van der Waals surface area contributed by atoms with Crippen LogP contribution in [0.3, 0.4) is 0 Å². The van der Waals surface area contributed by atoms with E-state index in [4.69, 9.17) is 0 Å². The summed E-state index contributed by atoms with van der Waals surface area (Å²) in [4.78, 5) is 12.0. The van der Waals surface area contributed by atoms with E-state index in [9.17, 15) is 9.90 Å². The van der Waals surface area contributed by atoms with Gasteiger partial charge in [-0.05, 0) is 25.5 Å². The number of hydrogen-bond acceptors (Lipinski definition) is 2. The fourth-order valence-corrected chi connectivity index (χ4v) is 1.82. The summed E-state index contributed by atoms with van der Waals surface area (Å²) in [6.07, 6.45) is 0. The van der Waals surface area contributed by atoms with E-state index in [0.29, 0.717) is 12.1 Å². The first kappa shape index (κ1) is 11.5. The third-order valence-corrected chi connectivity index (χ3v) is 2.91. The minimum Gasteiger partial charge on any atom is -0.507 e. The second-order valence-electron chi connectivity index (χ2n) is 4.17. The van der Waals surface area contributed by atoms with Crippen molar-refractivity contribution >= 4 is 0 Å². The van der Waals surface area contributed by atoms with Crippen LogP contribution in [0.25, 0.3) is 0 Å². The summed E-state index contributed by atoms with van der Waals surface area (Å²) >= 11 is 0. The summed E-state index contributed by atoms with van der Waals surface area (Å²) in [5, 5.41) is 9.56. The van der Waals surface area contributed by atoms with Crippen molar-refractivity contribution in [2.75, 3.05) is 0 Å². The first-order valence-electron chi connectivity index (χ1n) is 5.53. The normalized spacial score (nSPS) is 10.5. The molecule has 2 aromatic rings. The van der Waals surface area contributed by atoms with Crippen molar-refractivity contribution in [1.29, 1.82) is 0 Å². The molecule has 3 nitrogen and oxygen atoms in total. The van der Waals surface area contributed by atoms with Crippen LogP contribution < -0.4 is 5.56 Å². The second kappa shape index (κ2) is 4.45. The van der Waals surface area contributed by atoms with Gasteiger partial charge in [0.15, 0.2) is 0 Å². The van der Waals surface area contributed by atoms with Crippen molar-refractivity contribution in [3.8, 4) is 5.75 Å². The summed E-state index contributed by atoms with van der Waals surface area (Å²) in [7, 11) is 0. The molecular weight excluding hydrogens is 214 g/mol. The van der Waals surface area contributed by atoms with Crippen molar-refractivity contribution in [3.63, 3.8) is 0 Å². The van der Waals surface area contributed by atoms with E-state index in [1.165, 1.54) is 0 Å². The number of nitrogens with zero attached hydrogens (tertiary/aromatic N) is 1. The Hall–Kier alpha value is -2.03. The van der Waals surface area contributed by atoms with Gasteiger partial charge in [0.25, 0.3) is 5.56 Å². The molecule has 0 aliphatic heterocycles. The van der Waals surface area contributed by atoms with Crippen LogP contribution >= 0.6 is 0 Å². The van der Waals surface area contributed by atoms with Crippen LogP contribution in [0.4, 0.5) is 0 Å². The third kappa shape index (κ3) is 2.23. The molecule has 1 aromatic heterocycles. The SMILES string of the molecule is Cc1c(O)cc(C)n(Cc2ccccc2)c1=O. The molecular formula is C14H15NO2. The predicted molar refractivity (Wildman–Crippen MR) is 67.4 cm³/mol. The number of aromatic hydroxyl groups is 1. The molecule has 0 amide bonds. The van der Waals surface area contributed by atoms with Crippen LogP contribution in [-0.4, -0.2) is 9.67 Å². The molecule has 0 spiro atoms. The lowest BCUT2D eigenvalue weighted by Crippen LogP contribution is -2.24. The molecule has 0 aliphatic carbocycles. The molecule has 1 N–H and O–H groups in total. The molecule has 2 rings (SSSR count). The Bertz CT molecular complexity index is 585. The van der Waals surface area contributed by atoms with E-state index >= 15 is 0 Å². The molecule has 0 bridgehead atoms. The third-order valence-electron chi connectivity index (χ3n) is 2.91. The van der Waals surface area contributed by atoms with E-state index in [0.717, 1.165) is 11.3 Å². The molecule has 0 fully saturated rings. The van der Waals surface area contributed by atoms with Crippen LogP contribution in [-0.2, 0) is 6.54 Å². The van der Waals surface area contributed by atoms with Crippen LogP contribution in [0.1, 0.15) is 16.8 Å². The lowest BCUT2D eigenvalue weighted by atomic mass is 10.2. The number of rotatable bonds is 2. The summed E-state index contributed by atoms with van der Waals surface area (Å²) < 4.78 is 1.67. The topological polar surface area (TPSA) is 42.2 Å². The van der Waals surface area contributed by atoms with E-state index < -0.39 is 0 Å². The minimum absolute atomic E-state index is 0.0665. The summed E-state index contributed by atoms with van der Waals surface area (Å²) in [5.74, 6) is 0.0665. The Morgan fingerprint density at radius 1 is 1.18 bits per heavy atom. The average molecular weight is 229 g/mol. The maximum atomic E-state index is 12.0. The molecule has 88 valence electrons. The van der Waals surface area contributed by atoms with Crippen LogP contribution in [0, 0.1) is 13.8 Å². The molecule has 0 atom stereocenters. The number of hydrogen-bond donors (Lipinski definition) is 1. The van der Waals surface area contributed by atoms with Crippen molar-refractivity contribution in [1.82, 2.24) is 4.57 Å². The molecule has 0 radical (unpaired) electrons. The molecule has 1 heterocycles. The number of pyridine rings is 1. The Balaban J connectivity index is 2.47. The van der Waals surface area contributed by atoms with Crippen molar-refractivity contribution < 1.29 is 5.11 Å². The lowest BCUT2D eigenvalue weighted by Gasteiger charge is -2.12. The van der Waals surface area contributed by atoms with Gasteiger partial charge in [0, 0.05) is 5.69 Å². The number of aryl methyl sites for hydroxylation is 1. The van der Waals surface area contributed by atoms with Gasteiger partial charge in [0.2, 0.25) is 0 Å². The summed E-state index contributed by atoms with van der Waals surface area (Å²) in [6.45, 7) is 3.99. The van der Waals surface area contributed by atoms with Crippen LogP contribution in [0.5, 0.6) is 5.75 Å². The van der Waals surface area contributed by atoms with Crippen molar-refractivity contribution in [3.05, 3.63) is 63.6 Å². The highest BCUT2D eigenvalue weighted by atomic mass is 16.3. The lowest BCUT2D eigenvalue weighted by molar-refractivity contribution is 0.465. The van der Waals surface area contributed by atoms with Gasteiger partial charge in [-0.1, -0.05) is 30.3 Å². The van der Waals surface area contributed by atoms with Gasteiger partial charge in [-0.2, -0.15) is 0 Å². The molecule has 0 unspecified atom stereocenters. The Kier molecular flexibility index (Phi) is 3.00. The van der Waals surface area contributed by atoms with Gasteiger partial charge in [0.05, 0.1) is 12.1 Å². The highest BCUT2D eigenvalue weighted by molar-refractivity contribution is 5.31. The van der Waals surface area contributed by atoms with Gasteiger partial charge in [0.1, 0.15) is 5.75 Å². The zero-order chi connectivity index (χ0) is 12.4. The molecule has 17 heavy (non-hydrogen) atoms. The monoisotopic (exact) mass is 229 g/mol. The standard InChI is InChI=1S/C14H15NO2/c1-10-8-13(16)11(2)14(17)15(10)9-12-6-4-3-5-7-12/h3-8,16H,9H2,1-2H3. The quantitative estimate of drug-likeness (QED) is 0.858. The Morgan fingerprint density at radius 2 is 1.82 bits per heavy atom. The van der Waals surface area contributed by atoms with E-state index in [2.05, 4.69) is 0 Å². The van der Waals surface area contributed by atoms with Crippen molar-refractivity contribution in [2.24, 2.45) is 0 Å². The van der Waals surface area contributed by atoms with E-state index in [1.807, 2.05) is 37.3 Å². The average Bonchev–Trinajstić information content (AvgIpc) is 2.33. The second-order valence-corrected chi connectivity index (χ2v) is 4.17. The first-order valence-corrected chi connectivity index (χ1v) is 5.53. The molecule has 0 aliphatic rings. The summed E-state index contributed by atoms with van der Waals surface area (Å²) in [6, 6.07) is 11.4. The van der Waals surface area contributed by atoms with E-state index in [1.54, 1.807) is 17.6 Å². The highest BCUT2D eigenvalue weighted by Gasteiger charge is 2.08. The maximum absolute atomic E-state index is 12.0. The van der Waals surface area contributed by atoms with Crippen LogP contribution in [0.15, 0.2) is 41.2 Å². The maximum Gasteiger partial charge on any atom is 0.257 e. The number of aromatic nitrogens is 1. The highest BCUT2D eigenvalue weighted by Crippen LogP contribution is 2.14.